The molecule has 1 atom stereocenters. The predicted octanol–water partition coefficient (Wildman–Crippen LogP) is 13.9. The maximum absolute atomic E-state index is 13.6. The lowest BCUT2D eigenvalue weighted by Crippen LogP contribution is -2.24. The van der Waals surface area contributed by atoms with Crippen molar-refractivity contribution < 1.29 is 47.8 Å². The molecule has 8 rings (SSSR count). The second-order valence-electron chi connectivity index (χ2n) is 18.9. The van der Waals surface area contributed by atoms with Gasteiger partial charge in [0.15, 0.2) is 5.75 Å². The molecule has 0 saturated heterocycles. The van der Waals surface area contributed by atoms with Crippen molar-refractivity contribution in [2.45, 2.75) is 96.3 Å². The van der Waals surface area contributed by atoms with Gasteiger partial charge in [-0.2, -0.15) is 4.89 Å². The molecule has 2 amide bonds. The van der Waals surface area contributed by atoms with Crippen LogP contribution in [-0.2, 0) is 27.9 Å². The van der Waals surface area contributed by atoms with Crippen LogP contribution in [0.4, 0.5) is 11.4 Å². The van der Waals surface area contributed by atoms with Crippen LogP contribution < -0.4 is 39.2 Å². The zero-order valence-electron chi connectivity index (χ0n) is 43.5. The molecule has 390 valence electrons. The predicted molar refractivity (Wildman–Crippen MR) is 295 cm³/mol. The highest BCUT2D eigenvalue weighted by Crippen LogP contribution is 2.57. The molecule has 1 unspecified atom stereocenters. The SMILES string of the molecule is CCCCCCOc1ccc(C(=O)Nc2ccc(C=CCOOc3cccc4c3C3(CC4)CCc4cccc(OC(=O)/C=C/c5ccc(NC(=O)c6ccc(OCCCCCC)cc6)c(OC)c5)c43)cc2OC)cc1. The quantitative estimate of drug-likeness (QED) is 0.0135. The van der Waals surface area contributed by atoms with Crippen LogP contribution in [0.25, 0.3) is 12.2 Å². The van der Waals surface area contributed by atoms with E-state index in [0.29, 0.717) is 64.3 Å². The molecule has 0 aliphatic heterocycles. The number of methoxy groups -OCH3 is 2. The standard InChI is InChI=1S/C63H68N2O10/c1-5-7-9-11-39-71-50-28-24-48(25-29-50)61(67)64-52-32-21-44(42-56(52)69-3)16-15-41-73-75-55-20-14-18-47-36-38-63(60(47)55)37-35-46-17-13-19-54(59(46)63)74-58(66)34-23-45-22-33-53(57(43-45)70-4)65-62(68)49-26-30-51(31-27-49)72-40-12-10-8-6-2/h13-34,42-43H,5-12,35-41H2,1-4H3,(H,64,67)(H,65,68)/b16-15?,34-23+. The number of esters is 1. The Morgan fingerprint density at radius 3 is 1.59 bits per heavy atom. The average Bonchev–Trinajstić information content (AvgIpc) is 4.02. The van der Waals surface area contributed by atoms with E-state index in [9.17, 15) is 14.4 Å². The van der Waals surface area contributed by atoms with Crippen molar-refractivity contribution in [3.8, 4) is 34.5 Å². The summed E-state index contributed by atoms with van der Waals surface area (Å²) in [6, 6.07) is 37.0. The largest absolute Gasteiger partial charge is 0.495 e. The molecule has 1 spiro atoms. The fourth-order valence-electron chi connectivity index (χ4n) is 9.95. The number of unbranched alkanes of at least 4 members (excludes halogenated alkanes) is 6. The van der Waals surface area contributed by atoms with Gasteiger partial charge in [0.05, 0.1) is 38.8 Å². The van der Waals surface area contributed by atoms with Crippen molar-refractivity contribution in [1.29, 1.82) is 0 Å². The molecule has 0 saturated carbocycles. The highest BCUT2D eigenvalue weighted by atomic mass is 17.2. The van der Waals surface area contributed by atoms with E-state index in [1.54, 1.807) is 67.8 Å². The molecule has 0 fully saturated rings. The third-order valence-electron chi connectivity index (χ3n) is 13.8. The average molecular weight is 1010 g/mol. The van der Waals surface area contributed by atoms with E-state index < -0.39 is 11.4 Å². The van der Waals surface area contributed by atoms with Gasteiger partial charge < -0.3 is 39.2 Å². The van der Waals surface area contributed by atoms with Gasteiger partial charge in [-0.15, -0.1) is 0 Å². The van der Waals surface area contributed by atoms with Crippen molar-refractivity contribution in [2.75, 3.05) is 44.7 Å². The summed E-state index contributed by atoms with van der Waals surface area (Å²) in [6.07, 6.45) is 19.2. The van der Waals surface area contributed by atoms with Crippen LogP contribution in [0.5, 0.6) is 34.5 Å². The Kier molecular flexibility index (Phi) is 18.8. The van der Waals surface area contributed by atoms with Crippen molar-refractivity contribution in [3.63, 3.8) is 0 Å². The molecule has 0 radical (unpaired) electrons. The second kappa shape index (κ2) is 26.4. The number of nitrogens with one attached hydrogen (secondary N) is 2. The normalized spacial score (nSPS) is 14.4. The van der Waals surface area contributed by atoms with Crippen molar-refractivity contribution in [1.82, 2.24) is 0 Å². The van der Waals surface area contributed by atoms with E-state index in [4.69, 9.17) is 33.5 Å². The van der Waals surface area contributed by atoms with E-state index >= 15 is 0 Å². The number of aryl methyl sites for hydroxylation is 2. The molecule has 0 heterocycles. The second-order valence-corrected chi connectivity index (χ2v) is 18.9. The summed E-state index contributed by atoms with van der Waals surface area (Å²) in [5.74, 6) is 2.52. The lowest BCUT2D eigenvalue weighted by atomic mass is 9.76. The van der Waals surface area contributed by atoms with Gasteiger partial charge in [0.1, 0.15) is 35.4 Å². The number of fused-ring (bicyclic) bond motifs is 4. The first-order valence-corrected chi connectivity index (χ1v) is 26.3. The topological polar surface area (TPSA) is 140 Å². The lowest BCUT2D eigenvalue weighted by Gasteiger charge is -2.29. The van der Waals surface area contributed by atoms with Crippen molar-refractivity contribution in [2.24, 2.45) is 0 Å². The van der Waals surface area contributed by atoms with E-state index in [-0.39, 0.29) is 18.4 Å². The first-order chi connectivity index (χ1) is 36.7. The molecule has 2 aliphatic carbocycles. The van der Waals surface area contributed by atoms with Gasteiger partial charge in [-0.3, -0.25) is 9.59 Å². The molecule has 2 N–H and O–H groups in total. The third kappa shape index (κ3) is 13.7. The van der Waals surface area contributed by atoms with Gasteiger partial charge >= 0.3 is 5.97 Å². The van der Waals surface area contributed by atoms with Crippen LogP contribution in [0.3, 0.4) is 0 Å². The monoisotopic (exact) mass is 1010 g/mol. The fraction of sp³-hybridized carbons (Fsp3) is 0.317. The zero-order chi connectivity index (χ0) is 52.4. The van der Waals surface area contributed by atoms with Crippen LogP contribution >= 0.6 is 0 Å². The minimum atomic E-state index is -0.523. The molecule has 12 heteroatoms. The maximum Gasteiger partial charge on any atom is 0.336 e. The van der Waals surface area contributed by atoms with E-state index in [1.807, 2.05) is 66.7 Å². The molecule has 12 nitrogen and oxygen atoms in total. The molecule has 2 aliphatic rings. The summed E-state index contributed by atoms with van der Waals surface area (Å²) in [7, 11) is 3.10. The highest BCUT2D eigenvalue weighted by Gasteiger charge is 2.49. The Labute approximate surface area is 440 Å². The summed E-state index contributed by atoms with van der Waals surface area (Å²) >= 11 is 0. The number of benzene rings is 6. The van der Waals surface area contributed by atoms with Gasteiger partial charge in [0, 0.05) is 33.7 Å². The fourth-order valence-corrected chi connectivity index (χ4v) is 9.95. The van der Waals surface area contributed by atoms with Crippen LogP contribution in [0.1, 0.15) is 132 Å². The molecule has 6 aromatic carbocycles. The van der Waals surface area contributed by atoms with E-state index in [2.05, 4.69) is 36.6 Å². The van der Waals surface area contributed by atoms with Crippen LogP contribution in [0.15, 0.2) is 133 Å². The summed E-state index contributed by atoms with van der Waals surface area (Å²) < 4.78 is 29.1. The summed E-state index contributed by atoms with van der Waals surface area (Å²) in [4.78, 5) is 51.8. The number of carbonyl (C=O) groups is 3. The minimum absolute atomic E-state index is 0.162. The van der Waals surface area contributed by atoms with Gasteiger partial charge in [-0.1, -0.05) is 101 Å². The van der Waals surface area contributed by atoms with E-state index in [1.165, 1.54) is 44.4 Å². The lowest BCUT2D eigenvalue weighted by molar-refractivity contribution is -0.196. The van der Waals surface area contributed by atoms with Crippen LogP contribution in [-0.4, -0.2) is 51.8 Å². The van der Waals surface area contributed by atoms with Gasteiger partial charge in [0.2, 0.25) is 0 Å². The molecule has 0 bridgehead atoms. The van der Waals surface area contributed by atoms with Crippen LogP contribution in [0.2, 0.25) is 0 Å². The highest BCUT2D eigenvalue weighted by molar-refractivity contribution is 6.06. The number of amides is 2. The smallest absolute Gasteiger partial charge is 0.336 e. The number of carbonyl (C=O) groups excluding carboxylic acids is 3. The third-order valence-corrected chi connectivity index (χ3v) is 13.8. The van der Waals surface area contributed by atoms with Gasteiger partial charge in [-0.05, 0) is 152 Å². The molecular weight excluding hydrogens is 945 g/mol. The number of hydrogen-bond donors (Lipinski definition) is 2. The Morgan fingerprint density at radius 2 is 1.07 bits per heavy atom. The Hall–Kier alpha value is -7.83. The molecule has 0 aromatic heterocycles. The minimum Gasteiger partial charge on any atom is -0.495 e. The van der Waals surface area contributed by atoms with Gasteiger partial charge in [-0.25, -0.2) is 4.79 Å². The van der Waals surface area contributed by atoms with Crippen molar-refractivity contribution >= 4 is 41.3 Å². The summed E-state index contributed by atoms with van der Waals surface area (Å²) in [6.45, 7) is 5.83. The Morgan fingerprint density at radius 1 is 0.560 bits per heavy atom. The van der Waals surface area contributed by atoms with E-state index in [0.717, 1.165) is 85.1 Å². The summed E-state index contributed by atoms with van der Waals surface area (Å²) in [5.41, 5.74) is 7.51. The zero-order valence-corrected chi connectivity index (χ0v) is 43.5. The molecule has 75 heavy (non-hydrogen) atoms. The molecule has 6 aromatic rings. The van der Waals surface area contributed by atoms with Crippen LogP contribution in [0, 0.1) is 0 Å². The first-order valence-electron chi connectivity index (χ1n) is 26.3. The van der Waals surface area contributed by atoms with Gasteiger partial charge in [0.25, 0.3) is 11.8 Å². The number of hydrogen-bond acceptors (Lipinski definition) is 10. The Bertz CT molecular complexity index is 2960. The first kappa shape index (κ1) is 53.5. The Balaban J connectivity index is 0.860. The number of rotatable bonds is 26. The maximum atomic E-state index is 13.6. The number of ether oxygens (including phenoxy) is 5. The van der Waals surface area contributed by atoms with Crippen molar-refractivity contribution in [3.05, 3.63) is 178 Å². The number of anilines is 2. The summed E-state index contributed by atoms with van der Waals surface area (Å²) in [5, 5.41) is 5.89. The molecular formula is C63H68N2O10.